The summed E-state index contributed by atoms with van der Waals surface area (Å²) in [5.41, 5.74) is 3.39. The molecule has 4 aromatic rings. The fourth-order valence-corrected chi connectivity index (χ4v) is 6.62. The van der Waals surface area contributed by atoms with Gasteiger partial charge in [0.1, 0.15) is 17.7 Å². The van der Waals surface area contributed by atoms with Gasteiger partial charge in [0.25, 0.3) is 5.91 Å². The molecule has 2 aromatic carbocycles. The fraction of sp³-hybridized carbons (Fsp3) is 0.484. The van der Waals surface area contributed by atoms with Crippen LogP contribution in [0.25, 0.3) is 26.4 Å². The summed E-state index contributed by atoms with van der Waals surface area (Å²) in [5.74, 6) is 0.901. The Morgan fingerprint density at radius 2 is 1.98 bits per heavy atom. The van der Waals surface area contributed by atoms with Crippen molar-refractivity contribution >= 4 is 32.4 Å². The second-order valence-corrected chi connectivity index (χ2v) is 12.6. The molecule has 1 N–H and O–H groups in total. The largest absolute Gasteiger partial charge is 0.492 e. The first-order chi connectivity index (χ1) is 20.0. The molecule has 1 saturated carbocycles. The quantitative estimate of drug-likeness (QED) is 0.240. The molecule has 0 atom stereocenters. The van der Waals surface area contributed by atoms with Crippen LogP contribution in [-0.4, -0.2) is 72.4 Å². The molecule has 2 aliphatic heterocycles. The first kappa shape index (κ1) is 26.8. The average molecular weight is 581 g/mol. The molecule has 2 aromatic heterocycles. The van der Waals surface area contributed by atoms with Crippen molar-refractivity contribution in [2.24, 2.45) is 5.92 Å². The van der Waals surface area contributed by atoms with Crippen molar-refractivity contribution in [3.63, 3.8) is 0 Å². The van der Waals surface area contributed by atoms with Crippen LogP contribution in [0, 0.1) is 11.7 Å². The van der Waals surface area contributed by atoms with E-state index in [0.29, 0.717) is 67.7 Å². The summed E-state index contributed by atoms with van der Waals surface area (Å²) in [5, 5.41) is 3.05. The zero-order valence-corrected chi connectivity index (χ0v) is 23.7. The normalized spacial score (nSPS) is 18.7. The number of halogens is 2. The van der Waals surface area contributed by atoms with Gasteiger partial charge in [0.15, 0.2) is 4.96 Å². The highest BCUT2D eigenvalue weighted by Crippen LogP contribution is 2.37. The van der Waals surface area contributed by atoms with Gasteiger partial charge in [0, 0.05) is 43.4 Å². The number of carbonyl (C=O) groups is 1. The van der Waals surface area contributed by atoms with Gasteiger partial charge in [-0.3, -0.25) is 9.20 Å². The molecule has 0 unspecified atom stereocenters. The van der Waals surface area contributed by atoms with Crippen LogP contribution in [0.1, 0.15) is 53.9 Å². The van der Waals surface area contributed by atoms with Crippen molar-refractivity contribution in [2.45, 2.75) is 44.2 Å². The Morgan fingerprint density at radius 1 is 1.15 bits per heavy atom. The van der Waals surface area contributed by atoms with Gasteiger partial charge in [-0.1, -0.05) is 17.4 Å². The monoisotopic (exact) mass is 580 g/mol. The van der Waals surface area contributed by atoms with E-state index in [1.165, 1.54) is 11.3 Å². The molecule has 1 aliphatic carbocycles. The standard InChI is InChI=1S/C31H34F2N4O3S/c32-22-6-10-36(11-7-22)9-1-8-34-30(38)24-13-29-27(14-28(24)40-16-19-2-3-19)37-15-26(35-31(37)41-29)23-5-4-20(12-25(23)33)21-17-39-18-21/h4-5,12-15,19,21-22H,1-3,6-11,16-18H2,(H,34,38). The zero-order chi connectivity index (χ0) is 27.9. The number of rotatable bonds is 10. The molecule has 7 nitrogen and oxygen atoms in total. The molecule has 3 fully saturated rings. The lowest BCUT2D eigenvalue weighted by Crippen LogP contribution is -2.36. The lowest BCUT2D eigenvalue weighted by molar-refractivity contribution is 0.00833. The number of benzene rings is 2. The second kappa shape index (κ2) is 11.3. The number of piperidine rings is 1. The van der Waals surface area contributed by atoms with Crippen molar-refractivity contribution in [3.05, 3.63) is 53.5 Å². The Balaban J connectivity index is 1.10. The molecule has 10 heteroatoms. The van der Waals surface area contributed by atoms with E-state index in [1.807, 2.05) is 28.8 Å². The van der Waals surface area contributed by atoms with Crippen molar-refractivity contribution < 1.29 is 23.0 Å². The van der Waals surface area contributed by atoms with E-state index in [9.17, 15) is 9.18 Å². The van der Waals surface area contributed by atoms with Crippen LogP contribution < -0.4 is 10.1 Å². The van der Waals surface area contributed by atoms with Crippen LogP contribution in [0.5, 0.6) is 5.75 Å². The molecule has 3 aliphatic rings. The van der Waals surface area contributed by atoms with E-state index in [0.717, 1.165) is 59.6 Å². The predicted molar refractivity (Wildman–Crippen MR) is 155 cm³/mol. The Bertz CT molecular complexity index is 1570. The number of likely N-dealkylation sites (tertiary alicyclic amines) is 1. The predicted octanol–water partition coefficient (Wildman–Crippen LogP) is 5.81. The van der Waals surface area contributed by atoms with E-state index >= 15 is 4.39 Å². The third-order valence-corrected chi connectivity index (χ3v) is 9.46. The van der Waals surface area contributed by atoms with Crippen LogP contribution in [0.4, 0.5) is 8.78 Å². The number of thiazole rings is 1. The Morgan fingerprint density at radius 3 is 2.71 bits per heavy atom. The highest BCUT2D eigenvalue weighted by Gasteiger charge is 2.25. The molecule has 4 heterocycles. The van der Waals surface area contributed by atoms with Gasteiger partial charge in [0.2, 0.25) is 0 Å². The Labute approximate surface area is 241 Å². The molecule has 0 spiro atoms. The van der Waals surface area contributed by atoms with Crippen molar-refractivity contribution in [2.75, 3.05) is 46.0 Å². The third kappa shape index (κ3) is 5.69. The van der Waals surface area contributed by atoms with E-state index in [-0.39, 0.29) is 17.6 Å². The summed E-state index contributed by atoms with van der Waals surface area (Å²) in [7, 11) is 0. The van der Waals surface area contributed by atoms with E-state index in [2.05, 4.69) is 10.2 Å². The van der Waals surface area contributed by atoms with Crippen LogP contribution in [-0.2, 0) is 4.74 Å². The van der Waals surface area contributed by atoms with Crippen LogP contribution in [0.2, 0.25) is 0 Å². The maximum atomic E-state index is 15.1. The molecule has 41 heavy (non-hydrogen) atoms. The van der Waals surface area contributed by atoms with Crippen molar-refractivity contribution in [1.82, 2.24) is 19.6 Å². The summed E-state index contributed by atoms with van der Waals surface area (Å²) in [4.78, 5) is 21.0. The first-order valence-corrected chi connectivity index (χ1v) is 15.4. The lowest BCUT2D eigenvalue weighted by Gasteiger charge is -2.28. The smallest absolute Gasteiger partial charge is 0.255 e. The number of imidazole rings is 1. The second-order valence-electron chi connectivity index (χ2n) is 11.6. The minimum absolute atomic E-state index is 0.161. The van der Waals surface area contributed by atoms with Gasteiger partial charge < -0.3 is 19.7 Å². The number of hydrogen-bond donors (Lipinski definition) is 1. The average Bonchev–Trinajstić information content (AvgIpc) is 3.59. The Hall–Kier alpha value is -3.08. The number of aromatic nitrogens is 2. The minimum atomic E-state index is -0.679. The molecule has 0 radical (unpaired) electrons. The van der Waals surface area contributed by atoms with Crippen LogP contribution in [0.15, 0.2) is 36.5 Å². The van der Waals surface area contributed by atoms with Gasteiger partial charge in [-0.15, -0.1) is 0 Å². The maximum Gasteiger partial charge on any atom is 0.255 e. The summed E-state index contributed by atoms with van der Waals surface area (Å²) in [6, 6.07) is 9.15. The SMILES string of the molecule is O=C(NCCCN1CCC(F)CC1)c1cc2sc3nc(-c4ccc(C5COC5)cc4F)cn3c2cc1OCC1CC1. The maximum absolute atomic E-state index is 15.1. The van der Waals surface area contributed by atoms with E-state index in [1.54, 1.807) is 12.1 Å². The summed E-state index contributed by atoms with van der Waals surface area (Å²) >= 11 is 1.47. The molecular formula is C31H34F2N4O3S. The number of carbonyl (C=O) groups excluding carboxylic acids is 1. The number of alkyl halides is 1. The number of amides is 1. The highest BCUT2D eigenvalue weighted by atomic mass is 32.1. The summed E-state index contributed by atoms with van der Waals surface area (Å²) in [6.45, 7) is 4.81. The number of ether oxygens (including phenoxy) is 2. The van der Waals surface area contributed by atoms with E-state index < -0.39 is 6.17 Å². The summed E-state index contributed by atoms with van der Waals surface area (Å²) in [6.07, 6.45) is 5.47. The highest BCUT2D eigenvalue weighted by molar-refractivity contribution is 7.23. The van der Waals surface area contributed by atoms with Crippen LogP contribution in [0.3, 0.4) is 0 Å². The van der Waals surface area contributed by atoms with E-state index in [4.69, 9.17) is 14.5 Å². The molecule has 216 valence electrons. The van der Waals surface area contributed by atoms with Crippen molar-refractivity contribution in [3.8, 4) is 17.0 Å². The molecule has 1 amide bonds. The molecular weight excluding hydrogens is 546 g/mol. The number of hydrogen-bond acceptors (Lipinski definition) is 6. The van der Waals surface area contributed by atoms with Gasteiger partial charge in [-0.2, -0.15) is 0 Å². The van der Waals surface area contributed by atoms with Gasteiger partial charge in [0.05, 0.1) is 41.3 Å². The lowest BCUT2D eigenvalue weighted by atomic mass is 9.96. The number of nitrogens with zero attached hydrogens (tertiary/aromatic N) is 3. The van der Waals surface area contributed by atoms with Gasteiger partial charge in [-0.05, 0) is 68.3 Å². The van der Waals surface area contributed by atoms with Crippen molar-refractivity contribution in [1.29, 1.82) is 0 Å². The topological polar surface area (TPSA) is 68.1 Å². The Kier molecular flexibility index (Phi) is 7.39. The minimum Gasteiger partial charge on any atom is -0.492 e. The molecule has 2 saturated heterocycles. The van der Waals surface area contributed by atoms with Gasteiger partial charge in [-0.25, -0.2) is 13.8 Å². The first-order valence-electron chi connectivity index (χ1n) is 14.6. The molecule has 7 rings (SSSR count). The zero-order valence-electron chi connectivity index (χ0n) is 22.9. The summed E-state index contributed by atoms with van der Waals surface area (Å²) < 4.78 is 42.8. The molecule has 0 bridgehead atoms. The number of fused-ring (bicyclic) bond motifs is 3. The third-order valence-electron chi connectivity index (χ3n) is 8.44. The number of nitrogens with one attached hydrogen (secondary N) is 1. The van der Waals surface area contributed by atoms with Gasteiger partial charge >= 0.3 is 0 Å². The van der Waals surface area contributed by atoms with Crippen LogP contribution >= 0.6 is 11.3 Å². The fourth-order valence-electron chi connectivity index (χ4n) is 5.59.